The molecule has 1 unspecified atom stereocenters. The molecule has 1 fully saturated rings. The summed E-state index contributed by atoms with van der Waals surface area (Å²) < 4.78 is 25.2. The predicted molar refractivity (Wildman–Crippen MR) is 62.0 cm³/mol. The van der Waals surface area contributed by atoms with Crippen molar-refractivity contribution in [2.75, 3.05) is 12.3 Å². The maximum absolute atomic E-state index is 11.6. The quantitative estimate of drug-likeness (QED) is 0.598. The Morgan fingerprint density at radius 3 is 2.41 bits per heavy atom. The maximum atomic E-state index is 11.6. The molecule has 6 nitrogen and oxygen atoms in total. The van der Waals surface area contributed by atoms with Crippen molar-refractivity contribution in [1.82, 2.24) is 4.72 Å². The van der Waals surface area contributed by atoms with Crippen LogP contribution in [0.25, 0.3) is 0 Å². The van der Waals surface area contributed by atoms with Gasteiger partial charge in [-0.1, -0.05) is 6.92 Å². The standard InChI is InChI=1S/C10H19NO5S/c1-9(3-4-9)5-6-17(15,16)11-7-10(2,14)8(12)13/h11,14H,3-7H2,1-2H3,(H,12,13). The van der Waals surface area contributed by atoms with Crippen LogP contribution in [0.4, 0.5) is 0 Å². The third-order valence-electron chi connectivity index (χ3n) is 3.17. The smallest absolute Gasteiger partial charge is 0.336 e. The van der Waals surface area contributed by atoms with Gasteiger partial charge in [-0.15, -0.1) is 0 Å². The Labute approximate surface area is 101 Å². The van der Waals surface area contributed by atoms with Gasteiger partial charge in [0.25, 0.3) is 0 Å². The molecule has 17 heavy (non-hydrogen) atoms. The molecule has 0 heterocycles. The van der Waals surface area contributed by atoms with E-state index in [-0.39, 0.29) is 11.2 Å². The molecule has 100 valence electrons. The molecule has 1 saturated carbocycles. The Balaban J connectivity index is 2.41. The van der Waals surface area contributed by atoms with Crippen molar-refractivity contribution in [2.24, 2.45) is 5.41 Å². The molecule has 3 N–H and O–H groups in total. The molecular weight excluding hydrogens is 246 g/mol. The molecule has 0 aliphatic heterocycles. The first kappa shape index (κ1) is 14.4. The van der Waals surface area contributed by atoms with Crippen molar-refractivity contribution in [3.8, 4) is 0 Å². The van der Waals surface area contributed by atoms with E-state index in [1.54, 1.807) is 0 Å². The van der Waals surface area contributed by atoms with Crippen molar-refractivity contribution in [3.05, 3.63) is 0 Å². The van der Waals surface area contributed by atoms with Gasteiger partial charge in [-0.25, -0.2) is 17.9 Å². The second-order valence-corrected chi connectivity index (χ2v) is 7.21. The van der Waals surface area contributed by atoms with Gasteiger partial charge in [0.2, 0.25) is 10.0 Å². The zero-order valence-electron chi connectivity index (χ0n) is 10.1. The minimum atomic E-state index is -3.51. The molecule has 1 aliphatic rings. The average Bonchev–Trinajstić information content (AvgIpc) is 2.92. The van der Waals surface area contributed by atoms with Gasteiger partial charge in [0, 0.05) is 6.54 Å². The van der Waals surface area contributed by atoms with E-state index in [1.807, 2.05) is 6.92 Å². The summed E-state index contributed by atoms with van der Waals surface area (Å²) in [7, 11) is -3.51. The van der Waals surface area contributed by atoms with Crippen molar-refractivity contribution in [1.29, 1.82) is 0 Å². The van der Waals surface area contributed by atoms with Crippen LogP contribution in [0.3, 0.4) is 0 Å². The van der Waals surface area contributed by atoms with Crippen LogP contribution < -0.4 is 4.72 Å². The summed E-state index contributed by atoms with van der Waals surface area (Å²) in [6.45, 7) is 2.57. The van der Waals surface area contributed by atoms with E-state index in [9.17, 15) is 18.3 Å². The fourth-order valence-corrected chi connectivity index (χ4v) is 2.65. The fourth-order valence-electron chi connectivity index (χ4n) is 1.24. The number of carboxylic acids is 1. The van der Waals surface area contributed by atoms with E-state index in [1.165, 1.54) is 0 Å². The third-order valence-corrected chi connectivity index (χ3v) is 4.50. The van der Waals surface area contributed by atoms with E-state index in [4.69, 9.17) is 5.11 Å². The lowest BCUT2D eigenvalue weighted by molar-refractivity contribution is -0.155. The van der Waals surface area contributed by atoms with Crippen LogP contribution in [0.5, 0.6) is 0 Å². The molecule has 1 rings (SSSR count). The van der Waals surface area contributed by atoms with Crippen LogP contribution in [0.1, 0.15) is 33.1 Å². The normalized spacial score (nSPS) is 21.8. The monoisotopic (exact) mass is 265 g/mol. The highest BCUT2D eigenvalue weighted by molar-refractivity contribution is 7.89. The van der Waals surface area contributed by atoms with Gasteiger partial charge in [-0.05, 0) is 31.6 Å². The molecule has 0 bridgehead atoms. The highest BCUT2D eigenvalue weighted by Crippen LogP contribution is 2.48. The molecule has 1 aliphatic carbocycles. The SMILES string of the molecule is CC1(CCS(=O)(=O)NCC(C)(O)C(=O)O)CC1. The third kappa shape index (κ3) is 4.61. The van der Waals surface area contributed by atoms with Crippen LogP contribution in [0.2, 0.25) is 0 Å². The molecule has 0 saturated heterocycles. The van der Waals surface area contributed by atoms with Crippen LogP contribution >= 0.6 is 0 Å². The van der Waals surface area contributed by atoms with Crippen molar-refractivity contribution in [2.45, 2.75) is 38.7 Å². The number of sulfonamides is 1. The zero-order chi connectivity index (χ0) is 13.3. The minimum absolute atomic E-state index is 0.0286. The summed E-state index contributed by atoms with van der Waals surface area (Å²) in [5, 5.41) is 18.0. The van der Waals surface area contributed by atoms with E-state index < -0.39 is 28.1 Å². The van der Waals surface area contributed by atoms with Gasteiger partial charge < -0.3 is 10.2 Å². The van der Waals surface area contributed by atoms with E-state index in [0.717, 1.165) is 19.8 Å². The molecule has 0 amide bonds. The van der Waals surface area contributed by atoms with E-state index in [0.29, 0.717) is 6.42 Å². The van der Waals surface area contributed by atoms with Crippen LogP contribution in [0.15, 0.2) is 0 Å². The lowest BCUT2D eigenvalue weighted by atomic mass is 10.1. The number of aliphatic carboxylic acids is 1. The molecule has 0 aromatic heterocycles. The highest BCUT2D eigenvalue weighted by atomic mass is 32.2. The largest absolute Gasteiger partial charge is 0.479 e. The summed E-state index contributed by atoms with van der Waals surface area (Å²) >= 11 is 0. The summed E-state index contributed by atoms with van der Waals surface area (Å²) in [6.07, 6.45) is 2.64. The Morgan fingerprint density at radius 1 is 1.47 bits per heavy atom. The van der Waals surface area contributed by atoms with Crippen molar-refractivity contribution in [3.63, 3.8) is 0 Å². The lowest BCUT2D eigenvalue weighted by Gasteiger charge is -2.18. The topological polar surface area (TPSA) is 104 Å². The van der Waals surface area contributed by atoms with Gasteiger partial charge in [0.15, 0.2) is 5.60 Å². The van der Waals surface area contributed by atoms with Crippen LogP contribution in [-0.2, 0) is 14.8 Å². The Morgan fingerprint density at radius 2 is 2.00 bits per heavy atom. The summed E-state index contributed by atoms with van der Waals surface area (Å²) in [5.74, 6) is -1.48. The van der Waals surface area contributed by atoms with Crippen LogP contribution in [-0.4, -0.2) is 42.5 Å². The number of carboxylic acid groups (broad SMARTS) is 1. The Bertz CT molecular complexity index is 397. The molecule has 0 radical (unpaired) electrons. The van der Waals surface area contributed by atoms with Gasteiger partial charge in [-0.3, -0.25) is 0 Å². The van der Waals surface area contributed by atoms with E-state index in [2.05, 4.69) is 4.72 Å². The summed E-state index contributed by atoms with van der Waals surface area (Å²) in [6, 6.07) is 0. The predicted octanol–water partition coefficient (Wildman–Crippen LogP) is -0.0684. The highest BCUT2D eigenvalue weighted by Gasteiger charge is 2.38. The number of carbonyl (C=O) groups is 1. The van der Waals surface area contributed by atoms with Gasteiger partial charge in [0.1, 0.15) is 0 Å². The van der Waals surface area contributed by atoms with Crippen molar-refractivity contribution >= 4 is 16.0 Å². The van der Waals surface area contributed by atoms with Gasteiger partial charge >= 0.3 is 5.97 Å². The Kier molecular flexibility index (Phi) is 3.85. The number of rotatable bonds is 7. The molecule has 7 heteroatoms. The van der Waals surface area contributed by atoms with Crippen LogP contribution in [0, 0.1) is 5.41 Å². The first-order valence-corrected chi connectivity index (χ1v) is 7.15. The average molecular weight is 265 g/mol. The molecule has 0 spiro atoms. The Hall–Kier alpha value is -0.660. The number of aliphatic hydroxyl groups is 1. The van der Waals surface area contributed by atoms with Gasteiger partial charge in [-0.2, -0.15) is 0 Å². The minimum Gasteiger partial charge on any atom is -0.479 e. The van der Waals surface area contributed by atoms with Crippen molar-refractivity contribution < 1.29 is 23.4 Å². The number of hydrogen-bond donors (Lipinski definition) is 3. The van der Waals surface area contributed by atoms with Gasteiger partial charge in [0.05, 0.1) is 5.75 Å². The first-order valence-electron chi connectivity index (χ1n) is 5.50. The number of nitrogens with one attached hydrogen (secondary N) is 1. The fraction of sp³-hybridized carbons (Fsp3) is 0.900. The number of hydrogen-bond acceptors (Lipinski definition) is 4. The molecule has 0 aromatic rings. The zero-order valence-corrected chi connectivity index (χ0v) is 10.9. The molecule has 1 atom stereocenters. The molecule has 0 aromatic carbocycles. The first-order chi connectivity index (χ1) is 7.56. The maximum Gasteiger partial charge on any atom is 0.336 e. The molecular formula is C10H19NO5S. The summed E-state index contributed by atoms with van der Waals surface area (Å²) in [5.41, 5.74) is -1.94. The lowest BCUT2D eigenvalue weighted by Crippen LogP contribution is -2.47. The second-order valence-electron chi connectivity index (χ2n) is 5.28. The summed E-state index contributed by atoms with van der Waals surface area (Å²) in [4.78, 5) is 10.6. The second kappa shape index (κ2) is 4.55. The van der Waals surface area contributed by atoms with E-state index >= 15 is 0 Å².